The molecule has 2 rings (SSSR count). The Morgan fingerprint density at radius 1 is 1.64 bits per heavy atom. The molecule has 4 heteroatoms. The van der Waals surface area contributed by atoms with Gasteiger partial charge in [-0.1, -0.05) is 0 Å². The molecule has 2 N–H and O–H groups in total. The van der Waals surface area contributed by atoms with Crippen LogP contribution in [0, 0.1) is 0 Å². The van der Waals surface area contributed by atoms with Crippen LogP contribution in [0.5, 0.6) is 0 Å². The zero-order valence-corrected chi connectivity index (χ0v) is 5.99. The Morgan fingerprint density at radius 3 is 3.00 bits per heavy atom. The van der Waals surface area contributed by atoms with Gasteiger partial charge in [0.25, 0.3) is 0 Å². The van der Waals surface area contributed by atoms with Gasteiger partial charge in [-0.2, -0.15) is 0 Å². The highest BCUT2D eigenvalue weighted by molar-refractivity contribution is 5.82. The minimum absolute atomic E-state index is 0.257. The number of aliphatic hydroxyl groups is 2. The number of esters is 1. The van der Waals surface area contributed by atoms with E-state index < -0.39 is 23.8 Å². The van der Waals surface area contributed by atoms with Crippen LogP contribution in [0.2, 0.25) is 0 Å². The van der Waals surface area contributed by atoms with Gasteiger partial charge in [-0.05, 0) is 12.8 Å². The number of ether oxygens (including phenoxy) is 1. The lowest BCUT2D eigenvalue weighted by atomic mass is 9.84. The van der Waals surface area contributed by atoms with E-state index in [0.29, 0.717) is 12.8 Å². The number of aliphatic hydroxyl groups excluding tert-OH is 1. The summed E-state index contributed by atoms with van der Waals surface area (Å²) in [4.78, 5) is 10.9. The molecule has 1 aliphatic heterocycles. The van der Waals surface area contributed by atoms with E-state index in [-0.39, 0.29) is 6.42 Å². The van der Waals surface area contributed by atoms with Gasteiger partial charge in [0.05, 0.1) is 6.10 Å². The first kappa shape index (κ1) is 7.06. The molecule has 0 radical (unpaired) electrons. The number of carbonyl (C=O) groups excluding carboxylic acids is 1. The summed E-state index contributed by atoms with van der Waals surface area (Å²) in [7, 11) is 0. The third-order valence-electron chi connectivity index (χ3n) is 2.46. The molecule has 62 valence electrons. The lowest BCUT2D eigenvalue weighted by Crippen LogP contribution is -2.39. The van der Waals surface area contributed by atoms with Crippen molar-refractivity contribution in [2.75, 3.05) is 0 Å². The Balaban J connectivity index is 2.24. The van der Waals surface area contributed by atoms with E-state index in [1.807, 2.05) is 0 Å². The first-order chi connectivity index (χ1) is 5.12. The zero-order valence-electron chi connectivity index (χ0n) is 5.99. The number of hydrogen-bond donors (Lipinski definition) is 2. The molecular formula is C7H10O4. The van der Waals surface area contributed by atoms with Crippen molar-refractivity contribution >= 4 is 5.97 Å². The van der Waals surface area contributed by atoms with Crippen molar-refractivity contribution in [3.8, 4) is 0 Å². The van der Waals surface area contributed by atoms with Gasteiger partial charge in [0, 0.05) is 6.42 Å². The fourth-order valence-electron chi connectivity index (χ4n) is 1.70. The third-order valence-corrected chi connectivity index (χ3v) is 2.46. The molecular weight excluding hydrogens is 148 g/mol. The molecule has 2 bridgehead atoms. The molecule has 11 heavy (non-hydrogen) atoms. The lowest BCUT2D eigenvalue weighted by molar-refractivity contribution is -0.154. The summed E-state index contributed by atoms with van der Waals surface area (Å²) in [5.41, 5.74) is -1.29. The van der Waals surface area contributed by atoms with Crippen LogP contribution < -0.4 is 0 Å². The van der Waals surface area contributed by atoms with Crippen molar-refractivity contribution in [3.63, 3.8) is 0 Å². The van der Waals surface area contributed by atoms with Crippen molar-refractivity contribution in [2.45, 2.75) is 37.1 Å². The number of fused-ring (bicyclic) bond motifs is 2. The molecule has 0 aromatic rings. The normalized spacial score (nSPS) is 49.1. The van der Waals surface area contributed by atoms with Crippen LogP contribution in [0.4, 0.5) is 0 Å². The second-order valence-electron chi connectivity index (χ2n) is 3.29. The number of hydrogen-bond acceptors (Lipinski definition) is 4. The van der Waals surface area contributed by atoms with Crippen LogP contribution >= 0.6 is 0 Å². The Labute approximate surface area is 63.8 Å². The molecule has 0 aromatic heterocycles. The Bertz CT molecular complexity index is 203. The van der Waals surface area contributed by atoms with Gasteiger partial charge in [0.15, 0.2) is 5.60 Å². The van der Waals surface area contributed by atoms with Gasteiger partial charge in [-0.3, -0.25) is 0 Å². The lowest BCUT2D eigenvalue weighted by Gasteiger charge is -2.25. The zero-order chi connectivity index (χ0) is 8.06. The SMILES string of the molecule is O=C1O[C@@H]2C[C@@]1(O)CC[C@H]2O. The molecule has 2 aliphatic rings. The maximum Gasteiger partial charge on any atom is 0.338 e. The summed E-state index contributed by atoms with van der Waals surface area (Å²) >= 11 is 0. The molecule has 4 nitrogen and oxygen atoms in total. The van der Waals surface area contributed by atoms with Crippen LogP contribution in [0.25, 0.3) is 0 Å². The maximum atomic E-state index is 10.9. The standard InChI is InChI=1S/C7H10O4/c8-4-1-2-7(10)3-5(4)11-6(7)9/h4-5,8,10H,1-3H2/t4-,5-,7+/m1/s1. The summed E-state index contributed by atoms with van der Waals surface area (Å²) < 4.78 is 4.76. The van der Waals surface area contributed by atoms with Gasteiger partial charge in [-0.15, -0.1) is 0 Å². The van der Waals surface area contributed by atoms with Crippen LogP contribution in [0.15, 0.2) is 0 Å². The van der Waals surface area contributed by atoms with Crippen molar-refractivity contribution in [2.24, 2.45) is 0 Å². The summed E-state index contributed by atoms with van der Waals surface area (Å²) in [5.74, 6) is -0.570. The summed E-state index contributed by atoms with van der Waals surface area (Å²) in [6, 6.07) is 0. The second-order valence-corrected chi connectivity index (χ2v) is 3.29. The average Bonchev–Trinajstić information content (AvgIpc) is 2.20. The van der Waals surface area contributed by atoms with Gasteiger partial charge in [0.1, 0.15) is 6.10 Å². The molecule has 2 fully saturated rings. The van der Waals surface area contributed by atoms with E-state index in [1.54, 1.807) is 0 Å². The Hall–Kier alpha value is -0.610. The van der Waals surface area contributed by atoms with Crippen LogP contribution in [0.3, 0.4) is 0 Å². The Kier molecular flexibility index (Phi) is 1.25. The molecule has 3 atom stereocenters. The highest BCUT2D eigenvalue weighted by Crippen LogP contribution is 2.37. The van der Waals surface area contributed by atoms with E-state index in [1.165, 1.54) is 0 Å². The monoisotopic (exact) mass is 158 g/mol. The van der Waals surface area contributed by atoms with Gasteiger partial charge in [-0.25, -0.2) is 4.79 Å². The topological polar surface area (TPSA) is 66.8 Å². The Morgan fingerprint density at radius 2 is 2.36 bits per heavy atom. The van der Waals surface area contributed by atoms with E-state index in [4.69, 9.17) is 4.74 Å². The minimum Gasteiger partial charge on any atom is -0.457 e. The smallest absolute Gasteiger partial charge is 0.338 e. The number of rotatable bonds is 0. The molecule has 0 unspecified atom stereocenters. The van der Waals surface area contributed by atoms with E-state index >= 15 is 0 Å². The predicted octanol–water partition coefficient (Wildman–Crippen LogP) is -0.812. The second kappa shape index (κ2) is 1.95. The molecule has 1 heterocycles. The van der Waals surface area contributed by atoms with Crippen LogP contribution in [0.1, 0.15) is 19.3 Å². The fourth-order valence-corrected chi connectivity index (χ4v) is 1.70. The summed E-state index contributed by atoms with van der Waals surface area (Å²) in [6.45, 7) is 0. The van der Waals surface area contributed by atoms with Gasteiger partial charge < -0.3 is 14.9 Å². The van der Waals surface area contributed by atoms with E-state index in [0.717, 1.165) is 0 Å². The highest BCUT2D eigenvalue weighted by Gasteiger charge is 2.53. The van der Waals surface area contributed by atoms with E-state index in [2.05, 4.69) is 0 Å². The van der Waals surface area contributed by atoms with E-state index in [9.17, 15) is 15.0 Å². The molecule has 1 aliphatic carbocycles. The molecule has 0 spiro atoms. The molecule has 0 aromatic carbocycles. The maximum absolute atomic E-state index is 10.9. The first-order valence-electron chi connectivity index (χ1n) is 3.73. The van der Waals surface area contributed by atoms with Gasteiger partial charge >= 0.3 is 5.97 Å². The summed E-state index contributed by atoms with van der Waals surface area (Å²) in [5, 5.41) is 18.8. The largest absolute Gasteiger partial charge is 0.457 e. The molecule has 0 amide bonds. The molecule has 1 saturated carbocycles. The van der Waals surface area contributed by atoms with Crippen molar-refractivity contribution in [3.05, 3.63) is 0 Å². The van der Waals surface area contributed by atoms with Crippen molar-refractivity contribution in [1.29, 1.82) is 0 Å². The first-order valence-corrected chi connectivity index (χ1v) is 3.73. The van der Waals surface area contributed by atoms with Crippen molar-refractivity contribution in [1.82, 2.24) is 0 Å². The van der Waals surface area contributed by atoms with Crippen LogP contribution in [-0.4, -0.2) is 34.0 Å². The van der Waals surface area contributed by atoms with Crippen molar-refractivity contribution < 1.29 is 19.7 Å². The molecule has 1 saturated heterocycles. The third kappa shape index (κ3) is 0.862. The fraction of sp³-hybridized carbons (Fsp3) is 0.857. The van der Waals surface area contributed by atoms with Crippen LogP contribution in [-0.2, 0) is 9.53 Å². The average molecular weight is 158 g/mol. The number of carbonyl (C=O) groups is 1. The quantitative estimate of drug-likeness (QED) is 0.452. The highest BCUT2D eigenvalue weighted by atomic mass is 16.6. The van der Waals surface area contributed by atoms with Gasteiger partial charge in [0.2, 0.25) is 0 Å². The summed E-state index contributed by atoms with van der Waals surface area (Å²) in [6.07, 6.45) is -0.0216. The minimum atomic E-state index is -1.29. The predicted molar refractivity (Wildman–Crippen MR) is 34.7 cm³/mol.